The Morgan fingerprint density at radius 2 is 1.60 bits per heavy atom. The van der Waals surface area contributed by atoms with Crippen LogP contribution >= 0.6 is 27.3 Å². The van der Waals surface area contributed by atoms with E-state index in [2.05, 4.69) is 30.4 Å². The maximum atomic E-state index is 14.0. The van der Waals surface area contributed by atoms with Crippen LogP contribution in [0, 0.1) is 0 Å². The summed E-state index contributed by atoms with van der Waals surface area (Å²) in [5.74, 6) is -0.644. The number of allylic oxidation sites excluding steroid dienone is 1. The summed E-state index contributed by atoms with van der Waals surface area (Å²) in [7, 11) is 2.53. The largest absolute Gasteiger partial charge is 0.490 e. The summed E-state index contributed by atoms with van der Waals surface area (Å²) in [6.45, 7) is 5.03. The van der Waals surface area contributed by atoms with Crippen LogP contribution in [0.1, 0.15) is 37.9 Å². The fourth-order valence-corrected chi connectivity index (χ4v) is 6.01. The standard InChI is InChI=1S/C31H31BrN2O10S/c1-6-41-23-14-19(9-11-22(23)44-16-26(36)40-5)28-27(30(38)42-7-2)17(3)33-31-34(28)29(37)24(45-31)13-18-8-10-21(20(32)12-18)43-15-25(35)39-4/h8-14,28H,6-7,15-16H2,1-5H3/b24-13-/t28-/m1/s1. The highest BCUT2D eigenvalue weighted by atomic mass is 79.9. The van der Waals surface area contributed by atoms with Crippen LogP contribution in [-0.4, -0.2) is 63.1 Å². The van der Waals surface area contributed by atoms with Crippen LogP contribution in [0.4, 0.5) is 0 Å². The van der Waals surface area contributed by atoms with Crippen molar-refractivity contribution in [2.45, 2.75) is 26.8 Å². The summed E-state index contributed by atoms with van der Waals surface area (Å²) in [6.07, 6.45) is 1.70. The Hall–Kier alpha value is -4.43. The Labute approximate surface area is 270 Å². The van der Waals surface area contributed by atoms with Gasteiger partial charge in [0.25, 0.3) is 5.56 Å². The molecule has 4 rings (SSSR count). The van der Waals surface area contributed by atoms with E-state index >= 15 is 0 Å². The molecule has 12 nitrogen and oxygen atoms in total. The molecule has 0 N–H and O–H groups in total. The number of rotatable bonds is 12. The van der Waals surface area contributed by atoms with E-state index in [9.17, 15) is 19.2 Å². The van der Waals surface area contributed by atoms with E-state index < -0.39 is 23.9 Å². The molecule has 0 radical (unpaired) electrons. The molecule has 0 amide bonds. The monoisotopic (exact) mass is 702 g/mol. The molecule has 1 aliphatic heterocycles. The first kappa shape index (κ1) is 33.5. The number of benzene rings is 2. The van der Waals surface area contributed by atoms with Crippen LogP contribution in [0.3, 0.4) is 0 Å². The molecule has 0 bridgehead atoms. The van der Waals surface area contributed by atoms with Crippen LogP contribution in [0.2, 0.25) is 0 Å². The minimum Gasteiger partial charge on any atom is -0.490 e. The summed E-state index contributed by atoms with van der Waals surface area (Å²) in [5, 5.41) is 0. The number of carbonyl (C=O) groups is 3. The Balaban J connectivity index is 1.82. The minimum absolute atomic E-state index is 0.130. The topological polar surface area (TPSA) is 141 Å². The number of methoxy groups -OCH3 is 2. The molecule has 238 valence electrons. The highest BCUT2D eigenvalue weighted by molar-refractivity contribution is 9.10. The fourth-order valence-electron chi connectivity index (χ4n) is 4.46. The van der Waals surface area contributed by atoms with E-state index in [0.717, 1.165) is 0 Å². The van der Waals surface area contributed by atoms with Crippen LogP contribution < -0.4 is 29.1 Å². The Morgan fingerprint density at radius 1 is 0.933 bits per heavy atom. The average molecular weight is 704 g/mol. The van der Waals surface area contributed by atoms with E-state index in [-0.39, 0.29) is 31.0 Å². The van der Waals surface area contributed by atoms with Gasteiger partial charge in [0.15, 0.2) is 29.5 Å². The summed E-state index contributed by atoms with van der Waals surface area (Å²) < 4.78 is 33.9. The molecule has 0 spiro atoms. The van der Waals surface area contributed by atoms with Gasteiger partial charge >= 0.3 is 17.9 Å². The zero-order chi connectivity index (χ0) is 32.7. The van der Waals surface area contributed by atoms with E-state index in [0.29, 0.717) is 54.5 Å². The Bertz CT molecular complexity index is 1830. The first-order valence-electron chi connectivity index (χ1n) is 13.8. The molecule has 1 aromatic heterocycles. The first-order valence-corrected chi connectivity index (χ1v) is 15.4. The molecule has 0 aliphatic carbocycles. The minimum atomic E-state index is -0.892. The highest BCUT2D eigenvalue weighted by Crippen LogP contribution is 2.36. The summed E-state index contributed by atoms with van der Waals surface area (Å²) in [4.78, 5) is 55.4. The lowest BCUT2D eigenvalue weighted by Crippen LogP contribution is -2.40. The number of fused-ring (bicyclic) bond motifs is 1. The van der Waals surface area contributed by atoms with Crippen molar-refractivity contribution in [2.75, 3.05) is 40.6 Å². The van der Waals surface area contributed by atoms with Crippen LogP contribution in [-0.2, 0) is 28.6 Å². The van der Waals surface area contributed by atoms with Crippen LogP contribution in [0.5, 0.6) is 17.2 Å². The average Bonchev–Trinajstić information content (AvgIpc) is 3.32. The second kappa shape index (κ2) is 15.0. The molecule has 1 aliphatic rings. The van der Waals surface area contributed by atoms with Crippen molar-refractivity contribution in [1.29, 1.82) is 0 Å². The number of esters is 3. The summed E-state index contributed by atoms with van der Waals surface area (Å²) in [6, 6.07) is 9.23. The van der Waals surface area contributed by atoms with E-state index in [1.165, 1.54) is 30.1 Å². The van der Waals surface area contributed by atoms with Crippen molar-refractivity contribution >= 4 is 51.3 Å². The lowest BCUT2D eigenvalue weighted by Gasteiger charge is -2.25. The van der Waals surface area contributed by atoms with Crippen molar-refractivity contribution in [1.82, 2.24) is 4.57 Å². The van der Waals surface area contributed by atoms with Gasteiger partial charge in [0.05, 0.1) is 53.8 Å². The van der Waals surface area contributed by atoms with E-state index in [4.69, 9.17) is 18.9 Å². The van der Waals surface area contributed by atoms with Gasteiger partial charge in [0, 0.05) is 0 Å². The normalized spacial score (nSPS) is 14.3. The number of ether oxygens (including phenoxy) is 6. The number of hydrogen-bond donors (Lipinski definition) is 0. The predicted molar refractivity (Wildman–Crippen MR) is 167 cm³/mol. The number of thiazole rings is 1. The van der Waals surface area contributed by atoms with E-state index in [1.807, 2.05) is 0 Å². The van der Waals surface area contributed by atoms with Gasteiger partial charge in [-0.1, -0.05) is 23.5 Å². The van der Waals surface area contributed by atoms with Gasteiger partial charge in [-0.2, -0.15) is 0 Å². The maximum Gasteiger partial charge on any atom is 0.343 e. The van der Waals surface area contributed by atoms with Crippen molar-refractivity contribution in [3.05, 3.63) is 83.0 Å². The lowest BCUT2D eigenvalue weighted by molar-refractivity contribution is -0.143. The number of hydrogen-bond acceptors (Lipinski definition) is 12. The second-order valence-electron chi connectivity index (χ2n) is 9.36. The van der Waals surface area contributed by atoms with E-state index in [1.54, 1.807) is 63.2 Å². The molecular weight excluding hydrogens is 672 g/mol. The molecule has 2 aromatic carbocycles. The molecule has 0 saturated carbocycles. The molecule has 3 aromatic rings. The third kappa shape index (κ3) is 7.63. The molecule has 0 unspecified atom stereocenters. The van der Waals surface area contributed by atoms with Gasteiger partial charge in [-0.15, -0.1) is 0 Å². The third-order valence-electron chi connectivity index (χ3n) is 6.50. The summed E-state index contributed by atoms with van der Waals surface area (Å²) >= 11 is 4.61. The quantitative estimate of drug-likeness (QED) is 0.204. The molecule has 45 heavy (non-hydrogen) atoms. The Kier molecular flexibility index (Phi) is 11.2. The smallest absolute Gasteiger partial charge is 0.343 e. The molecule has 0 fully saturated rings. The zero-order valence-corrected chi connectivity index (χ0v) is 27.6. The van der Waals surface area contributed by atoms with Crippen molar-refractivity contribution in [2.24, 2.45) is 4.99 Å². The van der Waals surface area contributed by atoms with Crippen molar-refractivity contribution in [3.63, 3.8) is 0 Å². The fraction of sp³-hybridized carbons (Fsp3) is 0.323. The summed E-state index contributed by atoms with van der Waals surface area (Å²) in [5.41, 5.74) is 1.47. The van der Waals surface area contributed by atoms with Crippen LogP contribution in [0.25, 0.3) is 6.08 Å². The zero-order valence-electron chi connectivity index (χ0n) is 25.2. The molecule has 0 saturated heterocycles. The van der Waals surface area contributed by atoms with Gasteiger partial charge in [0.1, 0.15) is 5.75 Å². The maximum absolute atomic E-state index is 14.0. The van der Waals surface area contributed by atoms with Crippen molar-refractivity contribution < 1.29 is 42.8 Å². The molecule has 1 atom stereocenters. The predicted octanol–water partition coefficient (Wildman–Crippen LogP) is 3.06. The van der Waals surface area contributed by atoms with Gasteiger partial charge in [-0.3, -0.25) is 9.36 Å². The Morgan fingerprint density at radius 3 is 2.22 bits per heavy atom. The molecule has 14 heteroatoms. The van der Waals surface area contributed by atoms with Gasteiger partial charge in [0.2, 0.25) is 0 Å². The molecule has 2 heterocycles. The van der Waals surface area contributed by atoms with Gasteiger partial charge in [-0.05, 0) is 78.2 Å². The molecular formula is C31H31BrN2O10S. The highest BCUT2D eigenvalue weighted by Gasteiger charge is 2.34. The van der Waals surface area contributed by atoms with Gasteiger partial charge < -0.3 is 28.4 Å². The number of carbonyl (C=O) groups excluding carboxylic acids is 3. The first-order chi connectivity index (χ1) is 21.6. The number of aromatic nitrogens is 1. The van der Waals surface area contributed by atoms with Crippen LogP contribution in [0.15, 0.2) is 61.9 Å². The number of halogens is 1. The van der Waals surface area contributed by atoms with Gasteiger partial charge in [-0.25, -0.2) is 19.4 Å². The SMILES string of the molecule is CCOC(=O)C1=C(C)N=c2s/c(=C\c3ccc(OCC(=O)OC)c(Br)c3)c(=O)n2[C@@H]1c1ccc(OCC(=O)OC)c(OCC)c1. The van der Waals surface area contributed by atoms with Crippen molar-refractivity contribution in [3.8, 4) is 17.2 Å². The number of nitrogens with zero attached hydrogens (tertiary/aromatic N) is 2. The third-order valence-corrected chi connectivity index (χ3v) is 8.10. The lowest BCUT2D eigenvalue weighted by atomic mass is 9.95. The second-order valence-corrected chi connectivity index (χ2v) is 11.2.